The van der Waals surface area contributed by atoms with E-state index in [1.165, 1.54) is 0 Å². The highest BCUT2D eigenvalue weighted by Gasteiger charge is 2.13. The lowest BCUT2D eigenvalue weighted by molar-refractivity contribution is 0.102. The van der Waals surface area contributed by atoms with Gasteiger partial charge >= 0.3 is 0 Å². The molecule has 0 aliphatic heterocycles. The molecule has 0 saturated carbocycles. The molecule has 0 atom stereocenters. The van der Waals surface area contributed by atoms with Gasteiger partial charge in [-0.3, -0.25) is 9.89 Å². The minimum Gasteiger partial charge on any atom is -0.494 e. The Kier molecular flexibility index (Phi) is 6.01. The van der Waals surface area contributed by atoms with Gasteiger partial charge in [0.05, 0.1) is 24.2 Å². The molecule has 0 fully saturated rings. The molecule has 2 heterocycles. The van der Waals surface area contributed by atoms with Crippen molar-refractivity contribution in [3.05, 3.63) is 54.4 Å². The molecule has 0 saturated heterocycles. The highest BCUT2D eigenvalue weighted by Crippen LogP contribution is 2.29. The zero-order chi connectivity index (χ0) is 19.1. The second-order valence-electron chi connectivity index (χ2n) is 5.65. The summed E-state index contributed by atoms with van der Waals surface area (Å²) < 4.78 is 11.0. The number of nitrogens with one attached hydrogen (secondary N) is 3. The summed E-state index contributed by atoms with van der Waals surface area (Å²) in [6, 6.07) is 12.3. The molecular weight excluding hydrogens is 346 g/mol. The fourth-order valence-corrected chi connectivity index (χ4v) is 2.43. The fourth-order valence-electron chi connectivity index (χ4n) is 2.43. The molecule has 27 heavy (non-hydrogen) atoms. The summed E-state index contributed by atoms with van der Waals surface area (Å²) in [5, 5.41) is 12.6. The predicted octanol–water partition coefficient (Wildman–Crippen LogP) is 2.33. The number of nitrogens with zero attached hydrogens (tertiary/aromatic N) is 2. The van der Waals surface area contributed by atoms with Crippen molar-refractivity contribution in [3.8, 4) is 22.9 Å². The maximum Gasteiger partial charge on any atom is 0.274 e. The molecule has 8 heteroatoms. The maximum atomic E-state index is 12.6. The van der Waals surface area contributed by atoms with E-state index in [1.807, 2.05) is 13.1 Å². The largest absolute Gasteiger partial charge is 0.494 e. The van der Waals surface area contributed by atoms with E-state index in [1.54, 1.807) is 49.7 Å². The van der Waals surface area contributed by atoms with Gasteiger partial charge in [-0.25, -0.2) is 4.98 Å². The number of hydrogen-bond acceptors (Lipinski definition) is 6. The molecule has 0 radical (unpaired) electrons. The van der Waals surface area contributed by atoms with Crippen molar-refractivity contribution >= 4 is 11.6 Å². The number of amides is 1. The van der Waals surface area contributed by atoms with E-state index in [4.69, 9.17) is 9.47 Å². The van der Waals surface area contributed by atoms with Crippen LogP contribution in [-0.4, -0.2) is 48.4 Å². The van der Waals surface area contributed by atoms with Crippen LogP contribution in [0.25, 0.3) is 11.4 Å². The van der Waals surface area contributed by atoms with Gasteiger partial charge in [0.15, 0.2) is 0 Å². The van der Waals surface area contributed by atoms with Gasteiger partial charge in [0.1, 0.15) is 23.8 Å². The van der Waals surface area contributed by atoms with Crippen molar-refractivity contribution in [1.29, 1.82) is 0 Å². The van der Waals surface area contributed by atoms with Crippen LogP contribution >= 0.6 is 0 Å². The Morgan fingerprint density at radius 3 is 2.85 bits per heavy atom. The number of carbonyl (C=O) groups excluding carboxylic acids is 1. The average molecular weight is 367 g/mol. The van der Waals surface area contributed by atoms with E-state index < -0.39 is 0 Å². The fraction of sp³-hybridized carbons (Fsp3) is 0.211. The highest BCUT2D eigenvalue weighted by atomic mass is 16.5. The van der Waals surface area contributed by atoms with Crippen LogP contribution in [0.4, 0.5) is 5.69 Å². The van der Waals surface area contributed by atoms with Crippen molar-refractivity contribution < 1.29 is 14.3 Å². The minimum atomic E-state index is -0.335. The number of hydrogen-bond donors (Lipinski definition) is 3. The standard InChI is InChI=1S/C19H21N5O3/c1-20-10-11-27-13-6-7-16(18(12-13)26-2)23-19(25)17-5-3-4-14(22-17)15-8-9-21-24-15/h3-9,12,20H,10-11H2,1-2H3,(H,21,24)(H,23,25). The molecular formula is C19H21N5O3. The number of H-pyrrole nitrogens is 1. The van der Waals surface area contributed by atoms with Gasteiger partial charge in [0, 0.05) is 18.8 Å². The number of likely N-dealkylation sites (N-methyl/N-ethyl adjacent to an activating group) is 1. The maximum absolute atomic E-state index is 12.6. The Morgan fingerprint density at radius 1 is 1.22 bits per heavy atom. The highest BCUT2D eigenvalue weighted by molar-refractivity contribution is 6.04. The molecule has 0 aliphatic carbocycles. The first-order valence-corrected chi connectivity index (χ1v) is 8.45. The first kappa shape index (κ1) is 18.4. The number of carbonyl (C=O) groups is 1. The van der Waals surface area contributed by atoms with E-state index in [2.05, 4.69) is 25.8 Å². The molecule has 3 N–H and O–H groups in total. The number of anilines is 1. The van der Waals surface area contributed by atoms with E-state index >= 15 is 0 Å². The van der Waals surface area contributed by atoms with Gasteiger partial charge in [-0.05, 0) is 37.4 Å². The van der Waals surface area contributed by atoms with Gasteiger partial charge in [-0.2, -0.15) is 5.10 Å². The van der Waals surface area contributed by atoms with Crippen molar-refractivity contribution in [3.63, 3.8) is 0 Å². The number of aromatic nitrogens is 3. The molecule has 1 amide bonds. The number of ether oxygens (including phenoxy) is 2. The Hall–Kier alpha value is -3.39. The summed E-state index contributed by atoms with van der Waals surface area (Å²) in [6.07, 6.45) is 1.63. The zero-order valence-electron chi connectivity index (χ0n) is 15.2. The van der Waals surface area contributed by atoms with Gasteiger partial charge in [0.25, 0.3) is 5.91 Å². The lowest BCUT2D eigenvalue weighted by Crippen LogP contribution is -2.16. The van der Waals surface area contributed by atoms with Crippen LogP contribution in [0.3, 0.4) is 0 Å². The van der Waals surface area contributed by atoms with Crippen molar-refractivity contribution in [2.24, 2.45) is 0 Å². The van der Waals surface area contributed by atoms with Crippen molar-refractivity contribution in [1.82, 2.24) is 20.5 Å². The van der Waals surface area contributed by atoms with E-state index in [9.17, 15) is 4.79 Å². The van der Waals surface area contributed by atoms with E-state index in [-0.39, 0.29) is 5.91 Å². The van der Waals surface area contributed by atoms with Gasteiger partial charge in [-0.15, -0.1) is 0 Å². The lowest BCUT2D eigenvalue weighted by atomic mass is 10.2. The first-order chi connectivity index (χ1) is 13.2. The molecule has 1 aromatic carbocycles. The van der Waals surface area contributed by atoms with Crippen LogP contribution in [-0.2, 0) is 0 Å². The Bertz CT molecular complexity index is 896. The average Bonchev–Trinajstić information content (AvgIpc) is 3.24. The van der Waals surface area contributed by atoms with E-state index in [0.717, 1.165) is 12.2 Å². The lowest BCUT2D eigenvalue weighted by Gasteiger charge is -2.13. The minimum absolute atomic E-state index is 0.290. The van der Waals surface area contributed by atoms with Crippen LogP contribution in [0.2, 0.25) is 0 Å². The second-order valence-corrected chi connectivity index (χ2v) is 5.65. The van der Waals surface area contributed by atoms with Crippen LogP contribution in [0, 0.1) is 0 Å². The molecule has 0 bridgehead atoms. The molecule has 140 valence electrons. The molecule has 8 nitrogen and oxygen atoms in total. The molecule has 0 spiro atoms. The second kappa shape index (κ2) is 8.81. The quantitative estimate of drug-likeness (QED) is 0.528. The number of methoxy groups -OCH3 is 1. The summed E-state index contributed by atoms with van der Waals surface area (Å²) in [6.45, 7) is 1.27. The van der Waals surface area contributed by atoms with Crippen LogP contribution in [0.5, 0.6) is 11.5 Å². The summed E-state index contributed by atoms with van der Waals surface area (Å²) in [5.74, 6) is 0.841. The first-order valence-electron chi connectivity index (χ1n) is 8.45. The molecule has 3 aromatic rings. The van der Waals surface area contributed by atoms with Gasteiger partial charge in [0.2, 0.25) is 0 Å². The number of pyridine rings is 1. The van der Waals surface area contributed by atoms with E-state index in [0.29, 0.717) is 35.2 Å². The third-order valence-corrected chi connectivity index (χ3v) is 3.80. The summed E-state index contributed by atoms with van der Waals surface area (Å²) in [4.78, 5) is 17.0. The summed E-state index contributed by atoms with van der Waals surface area (Å²) >= 11 is 0. The third-order valence-electron chi connectivity index (χ3n) is 3.80. The number of benzene rings is 1. The van der Waals surface area contributed by atoms with Crippen molar-refractivity contribution in [2.75, 3.05) is 32.6 Å². The predicted molar refractivity (Wildman–Crippen MR) is 102 cm³/mol. The van der Waals surface area contributed by atoms with Crippen molar-refractivity contribution in [2.45, 2.75) is 0 Å². The molecule has 0 aliphatic rings. The van der Waals surface area contributed by atoms with Gasteiger partial charge in [-0.1, -0.05) is 6.07 Å². The summed E-state index contributed by atoms with van der Waals surface area (Å²) in [7, 11) is 3.40. The Balaban J connectivity index is 1.74. The third kappa shape index (κ3) is 4.62. The van der Waals surface area contributed by atoms with Gasteiger partial charge < -0.3 is 20.1 Å². The topological polar surface area (TPSA) is 101 Å². The monoisotopic (exact) mass is 367 g/mol. The number of rotatable bonds is 8. The molecule has 2 aromatic heterocycles. The smallest absolute Gasteiger partial charge is 0.274 e. The summed E-state index contributed by atoms with van der Waals surface area (Å²) in [5.41, 5.74) is 2.21. The zero-order valence-corrected chi connectivity index (χ0v) is 15.2. The normalized spacial score (nSPS) is 10.4. The Morgan fingerprint density at radius 2 is 2.11 bits per heavy atom. The van der Waals surface area contributed by atoms with Crippen LogP contribution < -0.4 is 20.1 Å². The molecule has 0 unspecified atom stereocenters. The Labute approximate surface area is 156 Å². The number of aromatic amines is 1. The van der Waals surface area contributed by atoms with Crippen LogP contribution in [0.15, 0.2) is 48.7 Å². The van der Waals surface area contributed by atoms with Crippen LogP contribution in [0.1, 0.15) is 10.5 Å². The SMILES string of the molecule is CNCCOc1ccc(NC(=O)c2cccc(-c3ccn[nH]3)n2)c(OC)c1. The molecule has 3 rings (SSSR count).